The first-order valence-corrected chi connectivity index (χ1v) is 7.45. The first-order chi connectivity index (χ1) is 11.5. The van der Waals surface area contributed by atoms with Gasteiger partial charge < -0.3 is 0 Å². The zero-order valence-corrected chi connectivity index (χ0v) is 13.7. The Morgan fingerprint density at radius 3 is 2.50 bits per heavy atom. The maximum Gasteiger partial charge on any atom is 0.159 e. The van der Waals surface area contributed by atoms with Crippen LogP contribution in [0.15, 0.2) is 41.5 Å². The largest absolute Gasteiger partial charge is 0.261 e. The molecule has 24 heavy (non-hydrogen) atoms. The van der Waals surface area contributed by atoms with Crippen LogP contribution in [-0.2, 0) is 0 Å². The maximum atomic E-state index is 12.9. The standard InChI is InChI=1S/C17H17FN6/c1-11-8-12(2)24(23-11)17-9-16(20-13(3)21-17)22-19-10-14-4-6-15(18)7-5-14/h4-10H,1-3H3,(H,20,21,22)/b19-10-. The summed E-state index contributed by atoms with van der Waals surface area (Å²) in [5, 5.41) is 8.55. The summed E-state index contributed by atoms with van der Waals surface area (Å²) in [6, 6.07) is 9.82. The highest BCUT2D eigenvalue weighted by atomic mass is 19.1. The second-order valence-electron chi connectivity index (χ2n) is 5.42. The highest BCUT2D eigenvalue weighted by Gasteiger charge is 2.08. The fourth-order valence-corrected chi connectivity index (χ4v) is 2.30. The molecule has 0 bridgehead atoms. The van der Waals surface area contributed by atoms with Crippen molar-refractivity contribution in [2.75, 3.05) is 5.43 Å². The fourth-order valence-electron chi connectivity index (χ4n) is 2.30. The molecule has 0 aliphatic heterocycles. The molecular weight excluding hydrogens is 307 g/mol. The second kappa shape index (κ2) is 6.57. The maximum absolute atomic E-state index is 12.9. The van der Waals surface area contributed by atoms with Crippen LogP contribution in [0.5, 0.6) is 0 Å². The predicted octanol–water partition coefficient (Wildman–Crippen LogP) is 3.17. The number of nitrogens with zero attached hydrogens (tertiary/aromatic N) is 5. The molecule has 0 saturated heterocycles. The van der Waals surface area contributed by atoms with Crippen LogP contribution in [0.1, 0.15) is 22.8 Å². The molecule has 0 amide bonds. The Labute approximate surface area is 139 Å². The second-order valence-corrected chi connectivity index (χ2v) is 5.42. The van der Waals surface area contributed by atoms with E-state index in [4.69, 9.17) is 0 Å². The number of anilines is 1. The summed E-state index contributed by atoms with van der Waals surface area (Å²) in [7, 11) is 0. The minimum Gasteiger partial charge on any atom is -0.261 e. The quantitative estimate of drug-likeness (QED) is 0.591. The van der Waals surface area contributed by atoms with Gasteiger partial charge in [0.05, 0.1) is 11.9 Å². The Hall–Kier alpha value is -3.09. The molecule has 0 unspecified atom stereocenters. The summed E-state index contributed by atoms with van der Waals surface area (Å²) in [6.07, 6.45) is 1.60. The third-order valence-electron chi connectivity index (χ3n) is 3.31. The van der Waals surface area contributed by atoms with E-state index in [9.17, 15) is 4.39 Å². The summed E-state index contributed by atoms with van der Waals surface area (Å²) >= 11 is 0. The van der Waals surface area contributed by atoms with Gasteiger partial charge >= 0.3 is 0 Å². The number of hydrogen-bond donors (Lipinski definition) is 1. The Bertz CT molecular complexity index is 883. The Kier molecular flexibility index (Phi) is 4.33. The van der Waals surface area contributed by atoms with Gasteiger partial charge in [-0.15, -0.1) is 0 Å². The number of hydrazone groups is 1. The predicted molar refractivity (Wildman–Crippen MR) is 91.0 cm³/mol. The molecule has 7 heteroatoms. The molecule has 2 heterocycles. The van der Waals surface area contributed by atoms with Gasteiger partial charge in [-0.1, -0.05) is 12.1 Å². The minimum absolute atomic E-state index is 0.277. The third-order valence-corrected chi connectivity index (χ3v) is 3.31. The molecule has 0 aliphatic carbocycles. The fraction of sp³-hybridized carbons (Fsp3) is 0.176. The lowest BCUT2D eigenvalue weighted by molar-refractivity contribution is 0.628. The van der Waals surface area contributed by atoms with Gasteiger partial charge in [-0.25, -0.2) is 19.0 Å². The molecule has 3 aromatic rings. The lowest BCUT2D eigenvalue weighted by Crippen LogP contribution is -2.06. The molecule has 2 aromatic heterocycles. The molecule has 6 nitrogen and oxygen atoms in total. The van der Waals surface area contributed by atoms with Gasteiger partial charge in [-0.3, -0.25) is 5.43 Å². The van der Waals surface area contributed by atoms with E-state index < -0.39 is 0 Å². The van der Waals surface area contributed by atoms with Crippen LogP contribution < -0.4 is 5.43 Å². The molecule has 0 aliphatic rings. The topological polar surface area (TPSA) is 68.0 Å². The van der Waals surface area contributed by atoms with Crippen LogP contribution in [0.2, 0.25) is 0 Å². The van der Waals surface area contributed by atoms with E-state index in [-0.39, 0.29) is 5.82 Å². The van der Waals surface area contributed by atoms with E-state index in [1.54, 1.807) is 29.1 Å². The van der Waals surface area contributed by atoms with Gasteiger partial charge in [0, 0.05) is 11.8 Å². The lowest BCUT2D eigenvalue weighted by atomic mass is 10.2. The van der Waals surface area contributed by atoms with Crippen molar-refractivity contribution >= 4 is 12.0 Å². The number of aryl methyl sites for hydroxylation is 3. The molecule has 0 spiro atoms. The first kappa shape index (κ1) is 15.8. The van der Waals surface area contributed by atoms with Crippen molar-refractivity contribution in [3.05, 3.63) is 65.0 Å². The average molecular weight is 324 g/mol. The molecule has 1 N–H and O–H groups in total. The smallest absolute Gasteiger partial charge is 0.159 e. The van der Waals surface area contributed by atoms with Crippen LogP contribution in [0, 0.1) is 26.6 Å². The molecule has 0 saturated carbocycles. The molecule has 0 atom stereocenters. The highest BCUT2D eigenvalue weighted by Crippen LogP contribution is 2.14. The minimum atomic E-state index is -0.277. The zero-order valence-electron chi connectivity index (χ0n) is 13.7. The number of rotatable bonds is 4. The van der Waals surface area contributed by atoms with Crippen molar-refractivity contribution < 1.29 is 4.39 Å². The van der Waals surface area contributed by atoms with Gasteiger partial charge in [-0.2, -0.15) is 10.2 Å². The molecular formula is C17H17FN6. The van der Waals surface area contributed by atoms with Crippen molar-refractivity contribution in [2.24, 2.45) is 5.10 Å². The SMILES string of the molecule is Cc1cc(C)n(-c2cc(N/N=C\c3ccc(F)cc3)nc(C)n2)n1. The van der Waals surface area contributed by atoms with Crippen LogP contribution in [0.25, 0.3) is 5.82 Å². The average Bonchev–Trinajstić information content (AvgIpc) is 2.87. The summed E-state index contributed by atoms with van der Waals surface area (Å²) in [4.78, 5) is 8.71. The van der Waals surface area contributed by atoms with Crippen molar-refractivity contribution in [1.29, 1.82) is 0 Å². The van der Waals surface area contributed by atoms with Gasteiger partial charge in [0.15, 0.2) is 11.6 Å². The van der Waals surface area contributed by atoms with E-state index >= 15 is 0 Å². The van der Waals surface area contributed by atoms with Crippen molar-refractivity contribution in [1.82, 2.24) is 19.7 Å². The Morgan fingerprint density at radius 1 is 1.08 bits per heavy atom. The summed E-state index contributed by atoms with van der Waals surface area (Å²) < 4.78 is 14.6. The number of benzene rings is 1. The first-order valence-electron chi connectivity index (χ1n) is 7.45. The number of halogens is 1. The van der Waals surface area contributed by atoms with Crippen LogP contribution >= 0.6 is 0 Å². The van der Waals surface area contributed by atoms with Crippen molar-refractivity contribution in [3.63, 3.8) is 0 Å². The molecule has 0 radical (unpaired) electrons. The van der Waals surface area contributed by atoms with Gasteiger partial charge in [-0.05, 0) is 44.5 Å². The van der Waals surface area contributed by atoms with Gasteiger partial charge in [0.1, 0.15) is 11.6 Å². The zero-order chi connectivity index (χ0) is 17.1. The van der Waals surface area contributed by atoms with E-state index in [0.717, 1.165) is 17.0 Å². The van der Waals surface area contributed by atoms with E-state index in [1.165, 1.54) is 12.1 Å². The number of nitrogens with one attached hydrogen (secondary N) is 1. The lowest BCUT2D eigenvalue weighted by Gasteiger charge is -2.07. The Balaban J connectivity index is 1.81. The summed E-state index contributed by atoms with van der Waals surface area (Å²) in [5.41, 5.74) is 5.57. The Morgan fingerprint density at radius 2 is 1.83 bits per heavy atom. The van der Waals surface area contributed by atoms with Crippen LogP contribution in [0.3, 0.4) is 0 Å². The van der Waals surface area contributed by atoms with Crippen molar-refractivity contribution in [3.8, 4) is 5.82 Å². The highest BCUT2D eigenvalue weighted by molar-refractivity contribution is 5.79. The molecule has 0 fully saturated rings. The molecule has 1 aromatic carbocycles. The van der Waals surface area contributed by atoms with E-state index in [1.807, 2.05) is 26.8 Å². The van der Waals surface area contributed by atoms with Crippen LogP contribution in [0.4, 0.5) is 10.2 Å². The normalized spacial score (nSPS) is 11.2. The summed E-state index contributed by atoms with van der Waals surface area (Å²) in [5.74, 6) is 1.57. The number of aromatic nitrogens is 4. The van der Waals surface area contributed by atoms with Gasteiger partial charge in [0.25, 0.3) is 0 Å². The number of hydrogen-bond acceptors (Lipinski definition) is 5. The summed E-state index contributed by atoms with van der Waals surface area (Å²) in [6.45, 7) is 5.71. The van der Waals surface area contributed by atoms with Crippen molar-refractivity contribution in [2.45, 2.75) is 20.8 Å². The van der Waals surface area contributed by atoms with Gasteiger partial charge in [0.2, 0.25) is 0 Å². The molecule has 122 valence electrons. The molecule has 3 rings (SSSR count). The van der Waals surface area contributed by atoms with E-state index in [0.29, 0.717) is 17.5 Å². The van der Waals surface area contributed by atoms with E-state index in [2.05, 4.69) is 25.6 Å². The van der Waals surface area contributed by atoms with Crippen LogP contribution in [-0.4, -0.2) is 26.0 Å². The monoisotopic (exact) mass is 324 g/mol. The third kappa shape index (κ3) is 3.62.